The highest BCUT2D eigenvalue weighted by Gasteiger charge is 2.17. The fraction of sp³-hybridized carbons (Fsp3) is 0.0270. The first kappa shape index (κ1) is 23.1. The summed E-state index contributed by atoms with van der Waals surface area (Å²) in [4.78, 5) is 2.26. The Balaban J connectivity index is 1.40. The molecule has 0 saturated heterocycles. The molecule has 0 atom stereocenters. The van der Waals surface area contributed by atoms with Gasteiger partial charge in [0.1, 0.15) is 0 Å². The third-order valence-electron chi connectivity index (χ3n) is 7.57. The molecule has 0 N–H and O–H groups in total. The second kappa shape index (κ2) is 9.34. The van der Waals surface area contributed by atoms with E-state index in [1.807, 2.05) is 0 Å². The molecule has 5 aromatic carbocycles. The fourth-order valence-electron chi connectivity index (χ4n) is 5.62. The van der Waals surface area contributed by atoms with Crippen LogP contribution < -0.4 is 4.90 Å². The maximum atomic E-state index is 4.49. The van der Waals surface area contributed by atoms with Gasteiger partial charge in [-0.15, -0.1) is 0 Å². The topological polar surface area (TPSA) is 8.17 Å². The maximum Gasteiger partial charge on any atom is 0.0541 e. The largest absolute Gasteiger partial charge is 0.317 e. The molecule has 0 radical (unpaired) electrons. The van der Waals surface area contributed by atoms with E-state index in [-0.39, 0.29) is 0 Å². The molecule has 0 amide bonds. The second-order valence-corrected chi connectivity index (χ2v) is 10.1. The number of nitrogens with zero attached hydrogens (tertiary/aromatic N) is 2. The van der Waals surface area contributed by atoms with E-state index in [1.54, 1.807) is 0 Å². The van der Waals surface area contributed by atoms with Crippen molar-refractivity contribution in [2.75, 3.05) is 4.90 Å². The van der Waals surface area contributed by atoms with Crippen molar-refractivity contribution in [2.45, 2.75) is 6.92 Å². The Hall–Kier alpha value is -5.08. The van der Waals surface area contributed by atoms with Crippen LogP contribution in [0, 0.1) is 6.92 Å². The molecule has 0 saturated carbocycles. The van der Waals surface area contributed by atoms with Gasteiger partial charge in [0.05, 0.1) is 16.7 Å². The van der Waals surface area contributed by atoms with Gasteiger partial charge in [-0.3, -0.25) is 0 Å². The number of rotatable bonds is 3. The van der Waals surface area contributed by atoms with Gasteiger partial charge in [0.2, 0.25) is 0 Å². The predicted octanol–water partition coefficient (Wildman–Crippen LogP) is 9.85. The van der Waals surface area contributed by atoms with Crippen LogP contribution >= 0.6 is 0 Å². The number of fused-ring (bicyclic) bond motifs is 4. The molecule has 186 valence electrons. The average Bonchev–Trinajstić information content (AvgIpc) is 3.31. The quantitative estimate of drug-likeness (QED) is 0.235. The van der Waals surface area contributed by atoms with Crippen molar-refractivity contribution in [3.63, 3.8) is 0 Å². The third kappa shape index (κ3) is 3.98. The number of para-hydroxylation sites is 3. The van der Waals surface area contributed by atoms with Gasteiger partial charge in [0.25, 0.3) is 0 Å². The van der Waals surface area contributed by atoms with Crippen LogP contribution in [0.25, 0.3) is 38.6 Å². The summed E-state index contributed by atoms with van der Waals surface area (Å²) in [5.74, 6) is 0. The van der Waals surface area contributed by atoms with E-state index in [0.717, 1.165) is 28.1 Å². The minimum absolute atomic E-state index is 0.994. The molecule has 0 spiro atoms. The van der Waals surface area contributed by atoms with Crippen molar-refractivity contribution in [1.29, 1.82) is 0 Å². The van der Waals surface area contributed by atoms with E-state index in [0.29, 0.717) is 0 Å². The van der Waals surface area contributed by atoms with Gasteiger partial charge in [-0.2, -0.15) is 0 Å². The van der Waals surface area contributed by atoms with E-state index in [9.17, 15) is 0 Å². The van der Waals surface area contributed by atoms with Crippen LogP contribution in [0.4, 0.5) is 11.4 Å². The van der Waals surface area contributed by atoms with Gasteiger partial charge >= 0.3 is 0 Å². The Morgan fingerprint density at radius 2 is 1.33 bits per heavy atom. The summed E-state index contributed by atoms with van der Waals surface area (Å²) in [6.07, 6.45) is 6.59. The smallest absolute Gasteiger partial charge is 0.0541 e. The highest BCUT2D eigenvalue weighted by Crippen LogP contribution is 2.38. The molecule has 0 bridgehead atoms. The molecule has 6 aromatic rings. The minimum Gasteiger partial charge on any atom is -0.317 e. The Morgan fingerprint density at radius 3 is 2.18 bits per heavy atom. The predicted molar refractivity (Wildman–Crippen MR) is 167 cm³/mol. The van der Waals surface area contributed by atoms with Gasteiger partial charge in [0.15, 0.2) is 0 Å². The molecule has 7 rings (SSSR count). The lowest BCUT2D eigenvalue weighted by molar-refractivity contribution is 1.18. The van der Waals surface area contributed by atoms with Crippen molar-refractivity contribution in [3.05, 3.63) is 163 Å². The van der Waals surface area contributed by atoms with Gasteiger partial charge in [-0.05, 0) is 84.3 Å². The summed E-state index contributed by atoms with van der Waals surface area (Å²) in [6, 6.07) is 43.2. The van der Waals surface area contributed by atoms with E-state index < -0.39 is 0 Å². The molecule has 0 unspecified atom stereocenters. The molecule has 2 heteroatoms. The molecule has 1 aliphatic heterocycles. The van der Waals surface area contributed by atoms with Crippen molar-refractivity contribution in [3.8, 4) is 5.69 Å². The highest BCUT2D eigenvalue weighted by atomic mass is 15.1. The summed E-state index contributed by atoms with van der Waals surface area (Å²) in [6.45, 7) is 6.61. The van der Waals surface area contributed by atoms with Crippen LogP contribution in [0.15, 0.2) is 146 Å². The Morgan fingerprint density at radius 1 is 0.615 bits per heavy atom. The van der Waals surface area contributed by atoms with E-state index in [1.165, 1.54) is 38.6 Å². The highest BCUT2D eigenvalue weighted by molar-refractivity contribution is 6.10. The molecular formula is C37H28N2. The molecule has 0 aliphatic carbocycles. The molecular weight excluding hydrogens is 472 g/mol. The molecule has 39 heavy (non-hydrogen) atoms. The van der Waals surface area contributed by atoms with Crippen LogP contribution in [0.5, 0.6) is 0 Å². The van der Waals surface area contributed by atoms with Crippen LogP contribution in [0.3, 0.4) is 0 Å². The number of aryl methyl sites for hydroxylation is 1. The van der Waals surface area contributed by atoms with Crippen LogP contribution in [-0.2, 0) is 0 Å². The van der Waals surface area contributed by atoms with Gasteiger partial charge in [-0.1, -0.05) is 84.9 Å². The summed E-state index contributed by atoms with van der Waals surface area (Å²) in [5.41, 5.74) is 11.5. The summed E-state index contributed by atoms with van der Waals surface area (Å²) >= 11 is 0. The Labute approximate surface area is 229 Å². The number of aromatic nitrogens is 1. The molecule has 2 heterocycles. The summed E-state index contributed by atoms with van der Waals surface area (Å²) in [5, 5.41) is 2.49. The van der Waals surface area contributed by atoms with E-state index in [2.05, 4.69) is 163 Å². The van der Waals surface area contributed by atoms with Crippen molar-refractivity contribution >= 4 is 44.3 Å². The average molecular weight is 501 g/mol. The lowest BCUT2D eigenvalue weighted by Crippen LogP contribution is -2.11. The summed E-state index contributed by atoms with van der Waals surface area (Å²) in [7, 11) is 0. The lowest BCUT2D eigenvalue weighted by atomic mass is 9.95. The standard InChI is InChI=1S/C37H28N2/c1-26-16-19-30(20-17-26)38-23-22-29(24-27(2)32-12-6-8-14-35(32)38)28-18-21-37-34(25-28)33-13-7-9-15-36(33)39(37)31-10-4-3-5-11-31/h3-25H,2H2,1H3/b23-22-,29-24+. The number of hydrogen-bond donors (Lipinski definition) is 0. The van der Waals surface area contributed by atoms with Crippen molar-refractivity contribution in [2.24, 2.45) is 0 Å². The van der Waals surface area contributed by atoms with Crippen LogP contribution in [0.2, 0.25) is 0 Å². The first-order chi connectivity index (χ1) is 19.2. The number of benzene rings is 5. The first-order valence-corrected chi connectivity index (χ1v) is 13.3. The van der Waals surface area contributed by atoms with Crippen molar-refractivity contribution < 1.29 is 0 Å². The SMILES string of the molecule is C=C1/C=C(c2ccc3c(c2)c2ccccc2n3-c2ccccc2)\C=C/N(c2ccc(C)cc2)c2ccccc21. The molecule has 1 aromatic heterocycles. The Bertz CT molecular complexity index is 1920. The number of allylic oxidation sites excluding steroid dienone is 4. The second-order valence-electron chi connectivity index (χ2n) is 10.1. The Kier molecular flexibility index (Phi) is 5.53. The third-order valence-corrected chi connectivity index (χ3v) is 7.57. The molecule has 1 aliphatic rings. The zero-order chi connectivity index (χ0) is 26.3. The van der Waals surface area contributed by atoms with Crippen molar-refractivity contribution in [1.82, 2.24) is 4.57 Å². The molecule has 0 fully saturated rings. The van der Waals surface area contributed by atoms with Gasteiger partial charge < -0.3 is 9.47 Å². The van der Waals surface area contributed by atoms with E-state index >= 15 is 0 Å². The zero-order valence-electron chi connectivity index (χ0n) is 21.9. The van der Waals surface area contributed by atoms with Gasteiger partial charge in [-0.25, -0.2) is 0 Å². The zero-order valence-corrected chi connectivity index (χ0v) is 21.9. The number of hydrogen-bond acceptors (Lipinski definition) is 1. The summed E-state index contributed by atoms with van der Waals surface area (Å²) < 4.78 is 2.35. The fourth-order valence-corrected chi connectivity index (χ4v) is 5.62. The monoisotopic (exact) mass is 500 g/mol. The maximum absolute atomic E-state index is 4.49. The van der Waals surface area contributed by atoms with E-state index in [4.69, 9.17) is 0 Å². The lowest BCUT2D eigenvalue weighted by Gasteiger charge is -2.26. The molecule has 2 nitrogen and oxygen atoms in total. The first-order valence-electron chi connectivity index (χ1n) is 13.3. The van der Waals surface area contributed by atoms with Crippen LogP contribution in [0.1, 0.15) is 16.7 Å². The number of anilines is 2. The van der Waals surface area contributed by atoms with Gasteiger partial charge in [0, 0.05) is 33.9 Å². The normalized spacial score (nSPS) is 15.5. The van der Waals surface area contributed by atoms with Crippen LogP contribution in [-0.4, -0.2) is 4.57 Å². The minimum atomic E-state index is 0.994.